The number of hydrogen-bond acceptors (Lipinski definition) is 4. The molecule has 0 fully saturated rings. The number of hydrogen-bond donors (Lipinski definition) is 0. The summed E-state index contributed by atoms with van der Waals surface area (Å²) in [5.41, 5.74) is 1.91. The molecule has 0 saturated heterocycles. The number of furan rings is 1. The molecule has 1 heterocycles. The maximum Gasteiger partial charge on any atom is 0.270 e. The second-order valence-electron chi connectivity index (χ2n) is 4.40. The average molecular weight is 271 g/mol. The number of allylic oxidation sites excluding steroid dienone is 1. The Morgan fingerprint density at radius 1 is 1.35 bits per heavy atom. The molecule has 5 heteroatoms. The van der Waals surface area contributed by atoms with Crippen molar-refractivity contribution in [2.24, 2.45) is 0 Å². The Bertz CT molecular complexity index is 678. The van der Waals surface area contributed by atoms with Gasteiger partial charge in [-0.2, -0.15) is 0 Å². The molecule has 0 aliphatic carbocycles. The van der Waals surface area contributed by atoms with E-state index in [2.05, 4.69) is 0 Å². The van der Waals surface area contributed by atoms with Crippen LogP contribution < -0.4 is 0 Å². The van der Waals surface area contributed by atoms with Gasteiger partial charge >= 0.3 is 0 Å². The molecule has 2 aromatic rings. The van der Waals surface area contributed by atoms with Crippen LogP contribution in [0, 0.1) is 24.0 Å². The van der Waals surface area contributed by atoms with Gasteiger partial charge in [-0.25, -0.2) is 0 Å². The number of carbonyl (C=O) groups excluding carboxylic acids is 1. The van der Waals surface area contributed by atoms with E-state index < -0.39 is 4.92 Å². The summed E-state index contributed by atoms with van der Waals surface area (Å²) in [5, 5.41) is 10.7. The van der Waals surface area contributed by atoms with Crippen LogP contribution in [-0.4, -0.2) is 10.7 Å². The van der Waals surface area contributed by atoms with Crippen molar-refractivity contribution in [3.8, 4) is 0 Å². The first-order valence-corrected chi connectivity index (χ1v) is 6.00. The summed E-state index contributed by atoms with van der Waals surface area (Å²) in [6.45, 7) is 3.52. The van der Waals surface area contributed by atoms with Crippen molar-refractivity contribution < 1.29 is 14.1 Å². The minimum absolute atomic E-state index is 0.00438. The molecule has 0 aliphatic heterocycles. The smallest absolute Gasteiger partial charge is 0.270 e. The first-order chi connectivity index (χ1) is 9.49. The monoisotopic (exact) mass is 271 g/mol. The quantitative estimate of drug-likeness (QED) is 0.368. The first-order valence-electron chi connectivity index (χ1n) is 6.00. The highest BCUT2D eigenvalue weighted by Crippen LogP contribution is 2.18. The van der Waals surface area contributed by atoms with Gasteiger partial charge in [-0.05, 0) is 31.1 Å². The summed E-state index contributed by atoms with van der Waals surface area (Å²) in [4.78, 5) is 22.3. The van der Waals surface area contributed by atoms with E-state index in [0.717, 1.165) is 5.56 Å². The van der Waals surface area contributed by atoms with Crippen LogP contribution >= 0.6 is 0 Å². The van der Waals surface area contributed by atoms with Gasteiger partial charge < -0.3 is 4.42 Å². The van der Waals surface area contributed by atoms with Gasteiger partial charge in [-0.3, -0.25) is 14.9 Å². The van der Waals surface area contributed by atoms with E-state index >= 15 is 0 Å². The molecular weight excluding hydrogens is 258 g/mol. The third kappa shape index (κ3) is 2.83. The van der Waals surface area contributed by atoms with Crippen molar-refractivity contribution in [3.63, 3.8) is 0 Å². The fourth-order valence-corrected chi connectivity index (χ4v) is 1.94. The van der Waals surface area contributed by atoms with Crippen LogP contribution in [0.2, 0.25) is 0 Å². The first kappa shape index (κ1) is 13.7. The number of aryl methyl sites for hydroxylation is 2. The van der Waals surface area contributed by atoms with Crippen LogP contribution in [-0.2, 0) is 0 Å². The van der Waals surface area contributed by atoms with Crippen LogP contribution in [0.3, 0.4) is 0 Å². The predicted molar refractivity (Wildman–Crippen MR) is 74.6 cm³/mol. The standard InChI is InChI=1S/C15H13NO4/c1-10-9-20-11(2)15(10)14(17)7-6-12-4-3-5-13(8-12)16(18)19/h3-9H,1-2H3. The van der Waals surface area contributed by atoms with Crippen molar-refractivity contribution >= 4 is 17.5 Å². The van der Waals surface area contributed by atoms with E-state index in [1.54, 1.807) is 32.1 Å². The molecule has 5 nitrogen and oxygen atoms in total. The van der Waals surface area contributed by atoms with Crippen molar-refractivity contribution in [1.82, 2.24) is 0 Å². The van der Waals surface area contributed by atoms with Crippen LogP contribution in [0.4, 0.5) is 5.69 Å². The number of nitro groups is 1. The van der Waals surface area contributed by atoms with Crippen LogP contribution in [0.25, 0.3) is 6.08 Å². The minimum atomic E-state index is -0.469. The normalized spacial score (nSPS) is 10.9. The number of rotatable bonds is 4. The highest BCUT2D eigenvalue weighted by atomic mass is 16.6. The third-order valence-corrected chi connectivity index (χ3v) is 2.91. The molecule has 0 saturated carbocycles. The lowest BCUT2D eigenvalue weighted by Gasteiger charge is -1.96. The van der Waals surface area contributed by atoms with E-state index in [1.165, 1.54) is 24.5 Å². The molecule has 20 heavy (non-hydrogen) atoms. The highest BCUT2D eigenvalue weighted by molar-refractivity contribution is 6.08. The van der Waals surface area contributed by atoms with E-state index in [0.29, 0.717) is 16.9 Å². The zero-order valence-electron chi connectivity index (χ0n) is 11.1. The molecule has 0 N–H and O–H groups in total. The summed E-state index contributed by atoms with van der Waals surface area (Å²) >= 11 is 0. The lowest BCUT2D eigenvalue weighted by Crippen LogP contribution is -1.96. The molecule has 0 radical (unpaired) electrons. The number of non-ortho nitro benzene ring substituents is 1. The topological polar surface area (TPSA) is 73.3 Å². The Hall–Kier alpha value is -2.69. The summed E-state index contributed by atoms with van der Waals surface area (Å²) in [6.07, 6.45) is 4.48. The summed E-state index contributed by atoms with van der Waals surface area (Å²) < 4.78 is 5.17. The van der Waals surface area contributed by atoms with E-state index in [4.69, 9.17) is 4.42 Å². The second-order valence-corrected chi connectivity index (χ2v) is 4.40. The van der Waals surface area contributed by atoms with Crippen LogP contribution in [0.15, 0.2) is 41.0 Å². The number of nitro benzene ring substituents is 1. The highest BCUT2D eigenvalue weighted by Gasteiger charge is 2.13. The minimum Gasteiger partial charge on any atom is -0.469 e. The lowest BCUT2D eigenvalue weighted by atomic mass is 10.1. The lowest BCUT2D eigenvalue weighted by molar-refractivity contribution is -0.384. The van der Waals surface area contributed by atoms with Gasteiger partial charge in [-0.15, -0.1) is 0 Å². The third-order valence-electron chi connectivity index (χ3n) is 2.91. The van der Waals surface area contributed by atoms with Crippen LogP contribution in [0.1, 0.15) is 27.2 Å². The molecule has 0 bridgehead atoms. The fraction of sp³-hybridized carbons (Fsp3) is 0.133. The molecular formula is C15H13NO4. The van der Waals surface area contributed by atoms with Crippen molar-refractivity contribution in [2.45, 2.75) is 13.8 Å². The molecule has 0 aliphatic rings. The maximum absolute atomic E-state index is 12.1. The van der Waals surface area contributed by atoms with Gasteiger partial charge in [0.05, 0.1) is 16.7 Å². The van der Waals surface area contributed by atoms with Crippen molar-refractivity contribution in [2.75, 3.05) is 0 Å². The van der Waals surface area contributed by atoms with Gasteiger partial charge in [0.15, 0.2) is 5.78 Å². The Balaban J connectivity index is 2.24. The SMILES string of the molecule is Cc1coc(C)c1C(=O)C=Cc1cccc([N+](=O)[O-])c1. The molecule has 102 valence electrons. The molecule has 0 atom stereocenters. The fourth-order valence-electron chi connectivity index (χ4n) is 1.94. The van der Waals surface area contributed by atoms with E-state index in [9.17, 15) is 14.9 Å². The van der Waals surface area contributed by atoms with Gasteiger partial charge in [0.2, 0.25) is 0 Å². The Morgan fingerprint density at radius 2 is 2.10 bits per heavy atom. The summed E-state index contributed by atoms with van der Waals surface area (Å²) in [5.74, 6) is 0.386. The maximum atomic E-state index is 12.1. The number of carbonyl (C=O) groups is 1. The summed E-state index contributed by atoms with van der Waals surface area (Å²) in [6, 6.07) is 6.10. The molecule has 1 aromatic carbocycles. The van der Waals surface area contributed by atoms with Gasteiger partial charge in [0.25, 0.3) is 5.69 Å². The Labute approximate surface area is 115 Å². The van der Waals surface area contributed by atoms with Gasteiger partial charge in [-0.1, -0.05) is 18.2 Å². The van der Waals surface area contributed by atoms with E-state index in [-0.39, 0.29) is 11.5 Å². The zero-order valence-corrected chi connectivity index (χ0v) is 11.1. The van der Waals surface area contributed by atoms with Crippen molar-refractivity contribution in [1.29, 1.82) is 0 Å². The van der Waals surface area contributed by atoms with Gasteiger partial charge in [0, 0.05) is 12.1 Å². The zero-order chi connectivity index (χ0) is 14.7. The molecule has 1 aromatic heterocycles. The van der Waals surface area contributed by atoms with Gasteiger partial charge in [0.1, 0.15) is 5.76 Å². The molecule has 0 amide bonds. The number of benzene rings is 1. The van der Waals surface area contributed by atoms with E-state index in [1.807, 2.05) is 0 Å². The van der Waals surface area contributed by atoms with Crippen molar-refractivity contribution in [3.05, 3.63) is 69.2 Å². The second kappa shape index (κ2) is 5.52. The predicted octanol–water partition coefficient (Wildman–Crippen LogP) is 3.70. The number of nitrogens with zero attached hydrogens (tertiary/aromatic N) is 1. The molecule has 0 spiro atoms. The Morgan fingerprint density at radius 3 is 2.70 bits per heavy atom. The summed E-state index contributed by atoms with van der Waals surface area (Å²) in [7, 11) is 0. The Kier molecular flexibility index (Phi) is 3.79. The number of ketones is 1. The largest absolute Gasteiger partial charge is 0.469 e. The molecule has 0 unspecified atom stereocenters. The average Bonchev–Trinajstić information content (AvgIpc) is 2.76. The molecule has 2 rings (SSSR count). The van der Waals surface area contributed by atoms with Crippen LogP contribution in [0.5, 0.6) is 0 Å².